The molecule has 3 aromatic rings. The number of rotatable bonds is 12. The first-order chi connectivity index (χ1) is 15.6. The zero-order chi connectivity index (χ0) is 22.8. The van der Waals surface area contributed by atoms with Gasteiger partial charge >= 0.3 is 5.97 Å². The van der Waals surface area contributed by atoms with Crippen LogP contribution in [0.15, 0.2) is 70.4 Å². The van der Waals surface area contributed by atoms with E-state index in [1.54, 1.807) is 25.3 Å². The predicted molar refractivity (Wildman–Crippen MR) is 119 cm³/mol. The van der Waals surface area contributed by atoms with Gasteiger partial charge in [0, 0.05) is 18.6 Å². The average molecular weight is 438 g/mol. The van der Waals surface area contributed by atoms with E-state index in [0.717, 1.165) is 11.1 Å². The Balaban J connectivity index is 1.66. The lowest BCUT2D eigenvalue weighted by Crippen LogP contribution is -2.26. The topological polar surface area (TPSA) is 103 Å². The van der Waals surface area contributed by atoms with Crippen molar-refractivity contribution in [1.82, 2.24) is 4.98 Å². The minimum atomic E-state index is -0.982. The standard InChI is InChI=1S/C24H26N2O6/c1-3-29-22(24(27)28)14-17-10-12-19(13-11-17)30-16-21(26-32-4-2)23-25-20(15-31-23)18-8-6-5-7-9-18/h5-13,15,22H,3-4,14,16H2,1-2H3,(H,27,28). The van der Waals surface area contributed by atoms with Crippen LogP contribution in [0.3, 0.4) is 0 Å². The Bertz CT molecular complexity index is 1010. The van der Waals surface area contributed by atoms with Crippen LogP contribution in [0.5, 0.6) is 5.75 Å². The number of carboxylic acids is 1. The van der Waals surface area contributed by atoms with Gasteiger partial charge in [-0.05, 0) is 31.5 Å². The molecule has 1 aromatic heterocycles. The van der Waals surface area contributed by atoms with Crippen molar-refractivity contribution in [1.29, 1.82) is 0 Å². The zero-order valence-corrected chi connectivity index (χ0v) is 18.1. The summed E-state index contributed by atoms with van der Waals surface area (Å²) in [5.74, 6) is -0.0733. The van der Waals surface area contributed by atoms with Gasteiger partial charge in [-0.3, -0.25) is 0 Å². The highest BCUT2D eigenvalue weighted by atomic mass is 16.6. The third-order valence-corrected chi connectivity index (χ3v) is 4.49. The molecule has 0 aliphatic carbocycles. The van der Waals surface area contributed by atoms with Gasteiger partial charge in [-0.2, -0.15) is 0 Å². The van der Waals surface area contributed by atoms with Crippen LogP contribution in [-0.4, -0.2) is 47.7 Å². The summed E-state index contributed by atoms with van der Waals surface area (Å²) < 4.78 is 16.7. The highest BCUT2D eigenvalue weighted by molar-refractivity contribution is 5.97. The lowest BCUT2D eigenvalue weighted by molar-refractivity contribution is -0.149. The summed E-state index contributed by atoms with van der Waals surface area (Å²) in [4.78, 5) is 21.0. The normalized spacial score (nSPS) is 12.4. The molecule has 0 aliphatic heterocycles. The van der Waals surface area contributed by atoms with Crippen molar-refractivity contribution in [2.24, 2.45) is 5.16 Å². The summed E-state index contributed by atoms with van der Waals surface area (Å²) in [5.41, 5.74) is 2.87. The van der Waals surface area contributed by atoms with Gasteiger partial charge in [0.25, 0.3) is 0 Å². The minimum absolute atomic E-state index is 0.0881. The maximum atomic E-state index is 11.3. The fourth-order valence-electron chi connectivity index (χ4n) is 2.92. The van der Waals surface area contributed by atoms with Crippen molar-refractivity contribution < 1.29 is 28.6 Å². The van der Waals surface area contributed by atoms with E-state index in [2.05, 4.69) is 10.1 Å². The van der Waals surface area contributed by atoms with Gasteiger partial charge in [0.05, 0.1) is 0 Å². The Kier molecular flexibility index (Phi) is 8.39. The highest BCUT2D eigenvalue weighted by Gasteiger charge is 2.18. The van der Waals surface area contributed by atoms with Gasteiger partial charge in [-0.15, -0.1) is 0 Å². The van der Waals surface area contributed by atoms with Gasteiger partial charge in [-0.1, -0.05) is 47.6 Å². The molecule has 3 rings (SSSR count). The maximum Gasteiger partial charge on any atom is 0.333 e. The number of benzene rings is 2. The van der Waals surface area contributed by atoms with Gasteiger partial charge in [0.1, 0.15) is 30.9 Å². The molecule has 0 saturated heterocycles. The number of oxime groups is 1. The molecule has 1 unspecified atom stereocenters. The molecule has 0 fully saturated rings. The van der Waals surface area contributed by atoms with Crippen LogP contribution < -0.4 is 4.74 Å². The summed E-state index contributed by atoms with van der Waals surface area (Å²) in [6.45, 7) is 4.43. The molecule has 8 nitrogen and oxygen atoms in total. The summed E-state index contributed by atoms with van der Waals surface area (Å²) >= 11 is 0. The molecule has 0 saturated carbocycles. The number of nitrogens with zero attached hydrogens (tertiary/aromatic N) is 2. The van der Waals surface area contributed by atoms with E-state index in [4.69, 9.17) is 18.7 Å². The van der Waals surface area contributed by atoms with E-state index in [9.17, 15) is 9.90 Å². The number of hydrogen-bond acceptors (Lipinski definition) is 7. The molecule has 1 heterocycles. The van der Waals surface area contributed by atoms with Crippen LogP contribution in [0.1, 0.15) is 25.3 Å². The van der Waals surface area contributed by atoms with Crippen LogP contribution in [-0.2, 0) is 20.8 Å². The quantitative estimate of drug-likeness (QED) is 0.334. The van der Waals surface area contributed by atoms with Crippen molar-refractivity contribution in [3.8, 4) is 17.0 Å². The molecule has 0 aliphatic rings. The molecular formula is C24H26N2O6. The molecule has 0 spiro atoms. The van der Waals surface area contributed by atoms with Crippen molar-refractivity contribution >= 4 is 11.7 Å². The molecule has 0 bridgehead atoms. The molecule has 168 valence electrons. The fraction of sp³-hybridized carbons (Fsp3) is 0.292. The molecule has 2 aromatic carbocycles. The van der Waals surface area contributed by atoms with Gasteiger partial charge in [0.15, 0.2) is 11.8 Å². The van der Waals surface area contributed by atoms with Crippen LogP contribution >= 0.6 is 0 Å². The van der Waals surface area contributed by atoms with E-state index in [1.807, 2.05) is 49.4 Å². The maximum absolute atomic E-state index is 11.3. The van der Waals surface area contributed by atoms with Crippen LogP contribution in [0.2, 0.25) is 0 Å². The van der Waals surface area contributed by atoms with Crippen LogP contribution in [0.4, 0.5) is 0 Å². The molecular weight excluding hydrogens is 412 g/mol. The molecule has 1 atom stereocenters. The van der Waals surface area contributed by atoms with Crippen LogP contribution in [0, 0.1) is 0 Å². The number of hydrogen-bond donors (Lipinski definition) is 1. The lowest BCUT2D eigenvalue weighted by Gasteiger charge is -2.13. The number of carbonyl (C=O) groups is 1. The number of ether oxygens (including phenoxy) is 2. The Hall–Kier alpha value is -3.65. The van der Waals surface area contributed by atoms with Crippen LogP contribution in [0.25, 0.3) is 11.3 Å². The summed E-state index contributed by atoms with van der Waals surface area (Å²) in [5, 5.41) is 13.3. The van der Waals surface area contributed by atoms with E-state index >= 15 is 0 Å². The van der Waals surface area contributed by atoms with Crippen molar-refractivity contribution in [2.45, 2.75) is 26.4 Å². The van der Waals surface area contributed by atoms with Gasteiger partial charge < -0.3 is 23.8 Å². The Morgan fingerprint density at radius 1 is 1.09 bits per heavy atom. The largest absolute Gasteiger partial charge is 0.487 e. The number of carboxylic acid groups (broad SMARTS) is 1. The predicted octanol–water partition coefficient (Wildman–Crippen LogP) is 4.19. The molecule has 0 radical (unpaired) electrons. The minimum Gasteiger partial charge on any atom is -0.487 e. The number of oxazole rings is 1. The van der Waals surface area contributed by atoms with Crippen molar-refractivity contribution in [3.05, 3.63) is 72.3 Å². The van der Waals surface area contributed by atoms with Gasteiger partial charge in [-0.25, -0.2) is 9.78 Å². The van der Waals surface area contributed by atoms with E-state index in [1.165, 1.54) is 0 Å². The number of aliphatic carboxylic acids is 1. The smallest absolute Gasteiger partial charge is 0.333 e. The SMILES string of the molecule is CCON=C(COc1ccc(CC(OCC)C(=O)O)cc1)c1nc(-c2ccccc2)co1. The Morgan fingerprint density at radius 3 is 2.50 bits per heavy atom. The van der Waals surface area contributed by atoms with E-state index in [-0.39, 0.29) is 13.0 Å². The summed E-state index contributed by atoms with van der Waals surface area (Å²) in [7, 11) is 0. The Morgan fingerprint density at radius 2 is 1.84 bits per heavy atom. The first kappa shape index (κ1) is 23.0. The Labute approximate surface area is 186 Å². The average Bonchev–Trinajstić information content (AvgIpc) is 3.30. The monoisotopic (exact) mass is 438 g/mol. The zero-order valence-electron chi connectivity index (χ0n) is 18.1. The first-order valence-corrected chi connectivity index (χ1v) is 10.4. The third kappa shape index (κ3) is 6.42. The number of aromatic nitrogens is 1. The van der Waals surface area contributed by atoms with E-state index in [0.29, 0.717) is 36.3 Å². The molecule has 0 amide bonds. The van der Waals surface area contributed by atoms with Crippen molar-refractivity contribution in [3.63, 3.8) is 0 Å². The second kappa shape index (κ2) is 11.7. The lowest BCUT2D eigenvalue weighted by atomic mass is 10.1. The summed E-state index contributed by atoms with van der Waals surface area (Å²) in [6.07, 6.45) is 0.970. The molecule has 8 heteroatoms. The fourth-order valence-corrected chi connectivity index (χ4v) is 2.92. The van der Waals surface area contributed by atoms with E-state index < -0.39 is 12.1 Å². The van der Waals surface area contributed by atoms with Crippen molar-refractivity contribution in [2.75, 3.05) is 19.8 Å². The third-order valence-electron chi connectivity index (χ3n) is 4.49. The molecule has 1 N–H and O–H groups in total. The second-order valence-electron chi connectivity index (χ2n) is 6.78. The highest BCUT2D eigenvalue weighted by Crippen LogP contribution is 2.19. The summed E-state index contributed by atoms with van der Waals surface area (Å²) in [6, 6.07) is 16.8. The second-order valence-corrected chi connectivity index (χ2v) is 6.78. The van der Waals surface area contributed by atoms with Gasteiger partial charge in [0.2, 0.25) is 5.89 Å². The molecule has 32 heavy (non-hydrogen) atoms. The first-order valence-electron chi connectivity index (χ1n) is 10.4.